The monoisotopic (exact) mass is 602 g/mol. The molecule has 0 spiro atoms. The number of nitrogens with zero attached hydrogens (tertiary/aromatic N) is 4. The molecule has 9 nitrogen and oxygen atoms in total. The number of carboxylic acids is 1. The second kappa shape index (κ2) is 11.7. The quantitative estimate of drug-likeness (QED) is 0.235. The molecule has 0 radical (unpaired) electrons. The summed E-state index contributed by atoms with van der Waals surface area (Å²) >= 11 is 0. The number of carbonyl (C=O) groups excluding carboxylic acids is 1. The van der Waals surface area contributed by atoms with Gasteiger partial charge in [-0.05, 0) is 61.7 Å². The average molecular weight is 603 g/mol. The van der Waals surface area contributed by atoms with E-state index in [1.807, 2.05) is 0 Å². The maximum atomic E-state index is 14.1. The summed E-state index contributed by atoms with van der Waals surface area (Å²) in [4.78, 5) is 29.5. The zero-order valence-electron chi connectivity index (χ0n) is 22.4. The van der Waals surface area contributed by atoms with Gasteiger partial charge in [0.15, 0.2) is 5.69 Å². The molecule has 0 aliphatic heterocycles. The Bertz CT molecular complexity index is 1660. The number of aromatic carboxylic acids is 1. The van der Waals surface area contributed by atoms with Crippen molar-refractivity contribution in [1.82, 2.24) is 14.8 Å². The van der Waals surface area contributed by atoms with Crippen LogP contribution in [-0.4, -0.2) is 45.4 Å². The van der Waals surface area contributed by atoms with Crippen LogP contribution in [0.4, 0.5) is 27.6 Å². The Balaban J connectivity index is 1.51. The number of fused-ring (bicyclic) bond motifs is 1. The van der Waals surface area contributed by atoms with E-state index in [0.717, 1.165) is 15.8 Å². The van der Waals surface area contributed by atoms with Crippen molar-refractivity contribution in [2.75, 3.05) is 11.9 Å². The Morgan fingerprint density at radius 2 is 1.79 bits per heavy atom. The van der Waals surface area contributed by atoms with E-state index in [0.29, 0.717) is 12.8 Å². The van der Waals surface area contributed by atoms with Gasteiger partial charge in [0.05, 0.1) is 35.0 Å². The van der Waals surface area contributed by atoms with Crippen molar-refractivity contribution in [1.29, 1.82) is 0 Å². The average Bonchev–Trinajstić information content (AvgIpc) is 3.38. The van der Waals surface area contributed by atoms with Gasteiger partial charge >= 0.3 is 18.8 Å². The normalized spacial score (nSPS) is 14.7. The topological polar surface area (TPSA) is 107 Å². The third kappa shape index (κ3) is 6.27. The maximum Gasteiger partial charge on any atom is 0.435 e. The molecule has 1 aliphatic rings. The second-order valence-corrected chi connectivity index (χ2v) is 9.62. The second-order valence-electron chi connectivity index (χ2n) is 9.62. The van der Waals surface area contributed by atoms with Crippen molar-refractivity contribution in [3.63, 3.8) is 0 Å². The Hall–Kier alpha value is -5.01. The van der Waals surface area contributed by atoms with Crippen molar-refractivity contribution < 1.29 is 46.1 Å². The van der Waals surface area contributed by atoms with E-state index in [-0.39, 0.29) is 51.7 Å². The summed E-state index contributed by atoms with van der Waals surface area (Å²) in [6, 6.07) is 12.5. The molecule has 1 aliphatic carbocycles. The van der Waals surface area contributed by atoms with Crippen molar-refractivity contribution >= 4 is 17.6 Å². The fourth-order valence-corrected chi connectivity index (χ4v) is 4.86. The van der Waals surface area contributed by atoms with Gasteiger partial charge in [-0.15, -0.1) is 0 Å². The minimum Gasteiger partial charge on any atom is -0.484 e. The molecule has 5 rings (SSSR count). The predicted octanol–water partition coefficient (Wildman–Crippen LogP) is 6.32. The smallest absolute Gasteiger partial charge is 0.435 e. The largest absolute Gasteiger partial charge is 0.484 e. The van der Waals surface area contributed by atoms with E-state index >= 15 is 0 Å². The van der Waals surface area contributed by atoms with Crippen LogP contribution in [0.25, 0.3) is 5.69 Å². The molecule has 1 N–H and O–H groups in total. The summed E-state index contributed by atoms with van der Waals surface area (Å²) in [5, 5.41) is 13.1. The van der Waals surface area contributed by atoms with Crippen LogP contribution in [0.5, 0.6) is 11.5 Å². The van der Waals surface area contributed by atoms with Crippen molar-refractivity contribution in [3.8, 4) is 17.2 Å². The van der Waals surface area contributed by atoms with Gasteiger partial charge < -0.3 is 19.5 Å². The van der Waals surface area contributed by atoms with E-state index in [1.165, 1.54) is 67.8 Å². The lowest BCUT2D eigenvalue weighted by atomic mass is 9.92. The van der Waals surface area contributed by atoms with Crippen molar-refractivity contribution in [2.24, 2.45) is 0 Å². The van der Waals surface area contributed by atoms with Crippen LogP contribution in [0.1, 0.15) is 56.6 Å². The lowest BCUT2D eigenvalue weighted by Gasteiger charge is -2.26. The van der Waals surface area contributed by atoms with Crippen LogP contribution in [0.15, 0.2) is 67.0 Å². The van der Waals surface area contributed by atoms with Crippen LogP contribution in [-0.2, 0) is 12.6 Å². The number of pyridine rings is 1. The molecule has 1 atom stereocenters. The van der Waals surface area contributed by atoms with Gasteiger partial charge in [-0.2, -0.15) is 27.1 Å². The Morgan fingerprint density at radius 3 is 2.47 bits per heavy atom. The van der Waals surface area contributed by atoms with Crippen LogP contribution in [0, 0.1) is 0 Å². The highest BCUT2D eigenvalue weighted by Gasteiger charge is 2.42. The van der Waals surface area contributed by atoms with E-state index < -0.39 is 36.5 Å². The summed E-state index contributed by atoms with van der Waals surface area (Å²) in [6.07, 6.45) is -2.42. The number of hydrogen-bond acceptors (Lipinski definition) is 6. The maximum absolute atomic E-state index is 14.1. The standard InChI is InChI=1S/C29H23F5N4O5/c1-37(19-13-21(15-35-14-19)43-28(30)31)26(39)17-4-2-5-18(12-17)38-24-22(25(36-38)29(32,33)34)6-3-7-23(24)42-20-10-8-16(9-11-20)27(40)41/h2,4-5,8-15,23,28H,3,6-7H2,1H3,(H,40,41). The third-order valence-corrected chi connectivity index (χ3v) is 6.82. The van der Waals surface area contributed by atoms with Gasteiger partial charge in [-0.3, -0.25) is 9.78 Å². The van der Waals surface area contributed by atoms with E-state index in [4.69, 9.17) is 9.84 Å². The fourth-order valence-electron chi connectivity index (χ4n) is 4.86. The Kier molecular flexibility index (Phi) is 8.02. The molecule has 43 heavy (non-hydrogen) atoms. The molecule has 1 amide bonds. The first-order valence-electron chi connectivity index (χ1n) is 12.9. The predicted molar refractivity (Wildman–Crippen MR) is 142 cm³/mol. The van der Waals surface area contributed by atoms with Gasteiger partial charge in [0.25, 0.3) is 5.91 Å². The number of amides is 1. The minimum atomic E-state index is -4.76. The minimum absolute atomic E-state index is 0.0246. The number of halogens is 5. The number of alkyl halides is 5. The highest BCUT2D eigenvalue weighted by Crippen LogP contribution is 2.42. The van der Waals surface area contributed by atoms with E-state index in [2.05, 4.69) is 14.8 Å². The zero-order valence-corrected chi connectivity index (χ0v) is 22.4. The van der Waals surface area contributed by atoms with E-state index in [9.17, 15) is 31.5 Å². The highest BCUT2D eigenvalue weighted by molar-refractivity contribution is 6.06. The first-order chi connectivity index (χ1) is 20.4. The molecule has 1 unspecified atom stereocenters. The van der Waals surface area contributed by atoms with E-state index in [1.54, 1.807) is 0 Å². The number of carbonyl (C=O) groups is 2. The number of rotatable bonds is 8. The summed E-state index contributed by atoms with van der Waals surface area (Å²) in [7, 11) is 1.38. The first-order valence-corrected chi connectivity index (χ1v) is 12.9. The lowest BCUT2D eigenvalue weighted by Crippen LogP contribution is -2.26. The number of anilines is 1. The highest BCUT2D eigenvalue weighted by atomic mass is 19.4. The SMILES string of the molecule is CN(C(=O)c1cccc(-n2nc(C(F)(F)F)c3c2C(Oc2ccc(C(=O)O)cc2)CCC3)c1)c1cncc(OC(F)F)c1. The molecular formula is C29H23F5N4O5. The van der Waals surface area contributed by atoms with Crippen molar-refractivity contribution in [3.05, 3.63) is 95.1 Å². The number of aromatic nitrogens is 3. The van der Waals surface area contributed by atoms with Crippen LogP contribution >= 0.6 is 0 Å². The van der Waals surface area contributed by atoms with Gasteiger partial charge in [0.2, 0.25) is 0 Å². The summed E-state index contributed by atoms with van der Waals surface area (Å²) in [6.45, 7) is -3.09. The number of ether oxygens (including phenoxy) is 2. The molecule has 0 saturated carbocycles. The molecule has 0 saturated heterocycles. The van der Waals surface area contributed by atoms with Crippen molar-refractivity contribution in [2.45, 2.75) is 38.2 Å². The molecule has 224 valence electrons. The third-order valence-electron chi connectivity index (χ3n) is 6.82. The molecular weight excluding hydrogens is 579 g/mol. The van der Waals surface area contributed by atoms with Gasteiger partial charge in [0.1, 0.15) is 17.6 Å². The molecule has 0 fully saturated rings. The first kappa shape index (κ1) is 29.5. The van der Waals surface area contributed by atoms with Gasteiger partial charge in [-0.25, -0.2) is 9.48 Å². The Morgan fingerprint density at radius 1 is 1.05 bits per heavy atom. The number of benzene rings is 2. The molecule has 2 heterocycles. The van der Waals surface area contributed by atoms with Crippen LogP contribution < -0.4 is 14.4 Å². The molecule has 2 aromatic carbocycles. The van der Waals surface area contributed by atoms with Gasteiger partial charge in [0, 0.05) is 24.2 Å². The molecule has 2 aromatic heterocycles. The summed E-state index contributed by atoms with van der Waals surface area (Å²) < 4.78 is 79.1. The molecule has 0 bridgehead atoms. The fraction of sp³-hybridized carbons (Fsp3) is 0.241. The Labute approximate surface area is 241 Å². The molecule has 14 heteroatoms. The van der Waals surface area contributed by atoms with Gasteiger partial charge in [-0.1, -0.05) is 6.07 Å². The summed E-state index contributed by atoms with van der Waals surface area (Å²) in [5.41, 5.74) is -0.510. The van der Waals surface area contributed by atoms with Crippen LogP contribution in [0.2, 0.25) is 0 Å². The number of hydrogen-bond donors (Lipinski definition) is 1. The zero-order chi connectivity index (χ0) is 30.9. The van der Waals surface area contributed by atoms with Crippen LogP contribution in [0.3, 0.4) is 0 Å². The molecule has 4 aromatic rings. The lowest BCUT2D eigenvalue weighted by molar-refractivity contribution is -0.142. The summed E-state index contributed by atoms with van der Waals surface area (Å²) in [5.74, 6) is -1.72. The number of carboxylic acid groups (broad SMARTS) is 1.